The van der Waals surface area contributed by atoms with Crippen molar-refractivity contribution in [3.05, 3.63) is 255 Å². The molecule has 0 aliphatic carbocycles. The third kappa shape index (κ3) is 13.1. The summed E-state index contributed by atoms with van der Waals surface area (Å²) in [7, 11) is -1.67. The predicted octanol–water partition coefficient (Wildman–Crippen LogP) is 9.36. The maximum atomic E-state index is 4.56. The Kier molecular flexibility index (Phi) is 18.6. The maximum absolute atomic E-state index is 4.56. The van der Waals surface area contributed by atoms with E-state index < -0.39 is 23.8 Å². The third-order valence-corrected chi connectivity index (χ3v) is 15.8. The summed E-state index contributed by atoms with van der Waals surface area (Å²) in [5, 5.41) is 8.01. The van der Waals surface area contributed by atoms with E-state index in [4.69, 9.17) is 0 Å². The van der Waals surface area contributed by atoms with Gasteiger partial charge in [0.2, 0.25) is 0 Å². The fourth-order valence-electron chi connectivity index (χ4n) is 6.16. The quantitative estimate of drug-likeness (QED) is 0.107. The average Bonchev–Trinajstić information content (AvgIpc) is 3.34. The molecule has 0 aliphatic rings. The van der Waals surface area contributed by atoms with E-state index >= 15 is 0 Å². The summed E-state index contributed by atoms with van der Waals surface area (Å²) in [4.78, 5) is 13.7. The minimum Gasteiger partial charge on any atom is -0.256 e. The fourth-order valence-corrected chi connectivity index (χ4v) is 12.7. The van der Waals surface area contributed by atoms with E-state index in [1.807, 2.05) is 36.8 Å². The number of aromatic nitrogens is 3. The minimum atomic E-state index is -0.557. The predicted molar refractivity (Wildman–Crippen MR) is 258 cm³/mol. The Labute approximate surface area is 371 Å². The van der Waals surface area contributed by atoms with Crippen molar-refractivity contribution in [2.75, 3.05) is 0 Å². The van der Waals surface area contributed by atoms with E-state index in [0.717, 1.165) is 16.3 Å². The summed E-state index contributed by atoms with van der Waals surface area (Å²) >= 11 is 5.51. The fraction of sp³-hybridized carbons (Fsp3) is 0. The van der Waals surface area contributed by atoms with Gasteiger partial charge < -0.3 is 0 Å². The smallest absolute Gasteiger partial charge is 0.0720 e. The zero-order valence-electron chi connectivity index (χ0n) is 32.1. The van der Waals surface area contributed by atoms with Crippen molar-refractivity contribution < 1.29 is 18.9 Å². The van der Waals surface area contributed by atoms with E-state index in [1.54, 1.807) is 0 Å². The Bertz CT molecular complexity index is 1880. The second-order valence-electron chi connectivity index (χ2n) is 12.6. The molecule has 9 aromatic rings. The van der Waals surface area contributed by atoms with Crippen LogP contribution in [0.25, 0.3) is 0 Å². The van der Waals surface area contributed by atoms with E-state index in [2.05, 4.69) is 265 Å². The molecule has 9 rings (SSSR count). The molecule has 3 heterocycles. The zero-order valence-corrected chi connectivity index (χ0v) is 37.9. The van der Waals surface area contributed by atoms with Crippen molar-refractivity contribution in [2.45, 2.75) is 0 Å². The van der Waals surface area contributed by atoms with E-state index in [0.29, 0.717) is 0 Å². The van der Waals surface area contributed by atoms with E-state index in [1.165, 1.54) is 31.8 Å². The Hall–Kier alpha value is -4.72. The van der Waals surface area contributed by atoms with Gasteiger partial charge in [-0.05, 0) is 68.2 Å². The molecule has 0 saturated carbocycles. The second-order valence-corrected chi connectivity index (χ2v) is 19.1. The Morgan fingerprint density at radius 1 is 0.237 bits per heavy atom. The van der Waals surface area contributed by atoms with Crippen LogP contribution < -0.4 is 48.1 Å². The SMILES string of the molecule is [Br][Ag].c1ccc(P(c2ccccc2)c2ccccn2)cc1.c1ccc(P(c2ccccc2)c2ccccn2)cc1.c1ccc(P(c2ccccc2)c2ccccn2)cc1. The van der Waals surface area contributed by atoms with E-state index in [-0.39, 0.29) is 0 Å². The number of pyridine rings is 3. The molecule has 0 fully saturated rings. The van der Waals surface area contributed by atoms with Gasteiger partial charge in [-0.3, -0.25) is 15.0 Å². The molecule has 0 amide bonds. The van der Waals surface area contributed by atoms with E-state index in [9.17, 15) is 0 Å². The second kappa shape index (κ2) is 25.0. The molecule has 0 atom stereocenters. The molecule has 8 heteroatoms. The molecule has 0 saturated heterocycles. The average molecular weight is 978 g/mol. The first-order chi connectivity index (χ1) is 29.3. The van der Waals surface area contributed by atoms with Gasteiger partial charge in [0.15, 0.2) is 0 Å². The number of rotatable bonds is 9. The van der Waals surface area contributed by atoms with Gasteiger partial charge >= 0.3 is 32.0 Å². The maximum Gasteiger partial charge on any atom is 0.0720 e. The first-order valence-corrected chi connectivity index (χ1v) is 26.3. The largest absolute Gasteiger partial charge is 0.256 e. The van der Waals surface area contributed by atoms with Gasteiger partial charge in [-0.25, -0.2) is 0 Å². The van der Waals surface area contributed by atoms with Crippen molar-refractivity contribution in [3.63, 3.8) is 0 Å². The Morgan fingerprint density at radius 3 is 0.559 bits per heavy atom. The van der Waals surface area contributed by atoms with Crippen LogP contribution in [-0.2, 0) is 18.9 Å². The number of benzene rings is 6. The zero-order chi connectivity index (χ0) is 40.7. The van der Waals surface area contributed by atoms with Crippen LogP contribution >= 0.6 is 36.8 Å². The van der Waals surface area contributed by atoms with Gasteiger partial charge in [0, 0.05) is 42.4 Å². The number of hydrogen-bond donors (Lipinski definition) is 0. The molecule has 3 nitrogen and oxygen atoms in total. The van der Waals surface area contributed by atoms with Crippen molar-refractivity contribution in [1.29, 1.82) is 0 Å². The summed E-state index contributed by atoms with van der Waals surface area (Å²) in [5.74, 6) is 0. The summed E-state index contributed by atoms with van der Waals surface area (Å²) in [6.45, 7) is 0. The monoisotopic (exact) mass is 975 g/mol. The van der Waals surface area contributed by atoms with Gasteiger partial charge in [0.1, 0.15) is 0 Å². The van der Waals surface area contributed by atoms with Crippen LogP contribution in [0.4, 0.5) is 0 Å². The van der Waals surface area contributed by atoms with Gasteiger partial charge in [0.25, 0.3) is 0 Å². The summed E-state index contributed by atoms with van der Waals surface area (Å²) in [6, 6.07) is 82.1. The number of hydrogen-bond acceptors (Lipinski definition) is 3. The molecular formula is C51H42AgBrN3P3. The topological polar surface area (TPSA) is 38.7 Å². The molecule has 59 heavy (non-hydrogen) atoms. The summed E-state index contributed by atoms with van der Waals surface area (Å²) in [5.41, 5.74) is 3.44. The van der Waals surface area contributed by atoms with Crippen LogP contribution in [-0.4, -0.2) is 15.0 Å². The standard InChI is InChI=1S/3C17H14NP.Ag.BrH/c3*1-3-9-15(10-4-1)19(16-11-5-2-6-12-16)17-13-7-8-14-18-17;;/h3*1-14H;;1H/q;;;+1;/p-1. The van der Waals surface area contributed by atoms with Crippen molar-refractivity contribution in [2.24, 2.45) is 0 Å². The molecule has 0 unspecified atom stereocenters. The molecule has 0 spiro atoms. The van der Waals surface area contributed by atoms with Crippen molar-refractivity contribution >= 4 is 84.9 Å². The first kappa shape index (κ1) is 43.8. The van der Waals surface area contributed by atoms with Crippen LogP contribution in [0.1, 0.15) is 0 Å². The van der Waals surface area contributed by atoms with Crippen LogP contribution in [0.2, 0.25) is 0 Å². The van der Waals surface area contributed by atoms with Crippen LogP contribution in [0, 0.1) is 0 Å². The van der Waals surface area contributed by atoms with Crippen molar-refractivity contribution in [1.82, 2.24) is 15.0 Å². The Morgan fingerprint density at radius 2 is 0.407 bits per heavy atom. The molecule has 6 aromatic carbocycles. The van der Waals surface area contributed by atoms with Crippen LogP contribution in [0.3, 0.4) is 0 Å². The molecule has 0 radical (unpaired) electrons. The van der Waals surface area contributed by atoms with Crippen LogP contribution in [0.15, 0.2) is 255 Å². The molecular weight excluding hydrogens is 935 g/mol. The molecule has 0 N–H and O–H groups in total. The summed E-state index contributed by atoms with van der Waals surface area (Å²) < 4.78 is 0. The van der Waals surface area contributed by atoms with Gasteiger partial charge in [-0.1, -0.05) is 200 Å². The van der Waals surface area contributed by atoms with Crippen molar-refractivity contribution in [3.8, 4) is 0 Å². The normalized spacial score (nSPS) is 10.3. The molecule has 0 aliphatic heterocycles. The van der Waals surface area contributed by atoms with Gasteiger partial charge in [-0.15, -0.1) is 0 Å². The first-order valence-electron chi connectivity index (χ1n) is 18.9. The number of nitrogens with zero attached hydrogens (tertiary/aromatic N) is 3. The van der Waals surface area contributed by atoms with Crippen LogP contribution in [0.5, 0.6) is 0 Å². The van der Waals surface area contributed by atoms with Gasteiger partial charge in [0.05, 0.1) is 16.3 Å². The molecule has 294 valence electrons. The summed E-state index contributed by atoms with van der Waals surface area (Å²) in [6.07, 6.45) is 5.61. The minimum absolute atomic E-state index is 0.557. The third-order valence-electron chi connectivity index (χ3n) is 8.72. The van der Waals surface area contributed by atoms with Gasteiger partial charge in [-0.2, -0.15) is 0 Å². The number of halogens is 1. The Balaban J connectivity index is 0.000000146. The molecule has 3 aromatic heterocycles. The molecule has 0 bridgehead atoms.